The fraction of sp³-hybridized carbons (Fsp3) is 0.613. The van der Waals surface area contributed by atoms with Gasteiger partial charge < -0.3 is 9.47 Å². The largest absolute Gasteiger partial charge is 0.493 e. The zero-order valence-corrected chi connectivity index (χ0v) is 22.4. The highest BCUT2D eigenvalue weighted by Gasteiger charge is 2.27. The van der Waals surface area contributed by atoms with Crippen molar-refractivity contribution in [2.75, 3.05) is 6.61 Å². The van der Waals surface area contributed by atoms with Crippen LogP contribution in [0.3, 0.4) is 0 Å². The predicted molar refractivity (Wildman–Crippen MR) is 144 cm³/mol. The Kier molecular flexibility index (Phi) is 11.7. The second kappa shape index (κ2) is 15.0. The van der Waals surface area contributed by atoms with Crippen molar-refractivity contribution in [1.82, 2.24) is 4.98 Å². The van der Waals surface area contributed by atoms with E-state index in [2.05, 4.69) is 32.0 Å². The Balaban J connectivity index is 1.46. The molecule has 4 nitrogen and oxygen atoms in total. The Morgan fingerprint density at radius 2 is 1.72 bits per heavy atom. The lowest BCUT2D eigenvalue weighted by Gasteiger charge is -2.28. The van der Waals surface area contributed by atoms with Gasteiger partial charge in [0.05, 0.1) is 12.3 Å². The van der Waals surface area contributed by atoms with Crippen LogP contribution in [0.4, 0.5) is 4.39 Å². The van der Waals surface area contributed by atoms with E-state index in [1.807, 2.05) is 31.3 Å². The Morgan fingerprint density at radius 3 is 2.42 bits per heavy atom. The standard InChI is InChI=1S/C31H44FNO3/c1-4-6-8-10-23(3)28-11-9-21-33-30(28)25-15-19-26(20-16-25)35-22-24-13-17-27(18-14-24)36-31(34)29(32)12-7-5-2/h9,11,15-16,19-21,23-24,27,29H,4-8,10,12-14,17-18,22H2,1-3H3/t23?,24?,27?,29-/m0/s1. The molecule has 0 spiro atoms. The summed E-state index contributed by atoms with van der Waals surface area (Å²) in [6.45, 7) is 7.17. The second-order valence-electron chi connectivity index (χ2n) is 10.4. The second-order valence-corrected chi connectivity index (χ2v) is 10.4. The zero-order valence-electron chi connectivity index (χ0n) is 22.4. The van der Waals surface area contributed by atoms with Gasteiger partial charge in [-0.3, -0.25) is 4.98 Å². The first kappa shape index (κ1) is 28.1. The van der Waals surface area contributed by atoms with E-state index in [-0.39, 0.29) is 12.5 Å². The summed E-state index contributed by atoms with van der Waals surface area (Å²) in [5.74, 6) is 1.08. The number of carbonyl (C=O) groups is 1. The minimum absolute atomic E-state index is 0.162. The maximum atomic E-state index is 13.9. The number of nitrogens with zero attached hydrogens (tertiary/aromatic N) is 1. The van der Waals surface area contributed by atoms with E-state index >= 15 is 0 Å². The quantitative estimate of drug-likeness (QED) is 0.194. The highest BCUT2D eigenvalue weighted by atomic mass is 19.1. The van der Waals surface area contributed by atoms with E-state index in [0.717, 1.165) is 49.1 Å². The minimum Gasteiger partial charge on any atom is -0.493 e. The van der Waals surface area contributed by atoms with Crippen LogP contribution in [0.2, 0.25) is 0 Å². The number of unbranched alkanes of at least 4 members (excludes halogenated alkanes) is 3. The molecule has 198 valence electrons. The lowest BCUT2D eigenvalue weighted by molar-refractivity contribution is -0.157. The monoisotopic (exact) mass is 497 g/mol. The molecule has 1 fully saturated rings. The van der Waals surface area contributed by atoms with Crippen LogP contribution in [-0.4, -0.2) is 29.8 Å². The zero-order chi connectivity index (χ0) is 25.8. The van der Waals surface area contributed by atoms with Gasteiger partial charge in [-0.15, -0.1) is 0 Å². The molecule has 36 heavy (non-hydrogen) atoms. The summed E-state index contributed by atoms with van der Waals surface area (Å²) in [5, 5.41) is 0. The van der Waals surface area contributed by atoms with E-state index in [4.69, 9.17) is 14.5 Å². The highest BCUT2D eigenvalue weighted by Crippen LogP contribution is 2.32. The molecule has 0 aliphatic heterocycles. The van der Waals surface area contributed by atoms with Gasteiger partial charge in [0.2, 0.25) is 0 Å². The van der Waals surface area contributed by atoms with E-state index in [1.165, 1.54) is 31.2 Å². The molecule has 2 atom stereocenters. The number of alkyl halides is 1. The topological polar surface area (TPSA) is 48.4 Å². The molecule has 1 saturated carbocycles. The molecule has 1 aromatic heterocycles. The van der Waals surface area contributed by atoms with Crippen molar-refractivity contribution in [3.05, 3.63) is 48.2 Å². The summed E-state index contributed by atoms with van der Waals surface area (Å²) in [6, 6.07) is 12.5. The van der Waals surface area contributed by atoms with Crippen LogP contribution in [0.15, 0.2) is 42.6 Å². The molecule has 3 rings (SSSR count). The Hall–Kier alpha value is -2.43. The minimum atomic E-state index is -1.49. The number of hydrogen-bond donors (Lipinski definition) is 0. The molecule has 1 aliphatic rings. The van der Waals surface area contributed by atoms with Crippen LogP contribution in [0.5, 0.6) is 5.75 Å². The molecule has 1 aliphatic carbocycles. The number of rotatable bonds is 14. The van der Waals surface area contributed by atoms with Gasteiger partial charge in [0, 0.05) is 11.8 Å². The fourth-order valence-corrected chi connectivity index (χ4v) is 4.99. The normalized spacial score (nSPS) is 19.4. The Morgan fingerprint density at radius 1 is 1.00 bits per heavy atom. The van der Waals surface area contributed by atoms with Crippen LogP contribution in [-0.2, 0) is 9.53 Å². The van der Waals surface area contributed by atoms with Gasteiger partial charge in [-0.2, -0.15) is 0 Å². The average molecular weight is 498 g/mol. The number of carbonyl (C=O) groups excluding carboxylic acids is 1. The molecule has 0 N–H and O–H groups in total. The number of halogens is 1. The Labute approximate surface area is 217 Å². The van der Waals surface area contributed by atoms with Gasteiger partial charge in [-0.1, -0.05) is 58.9 Å². The first-order chi connectivity index (χ1) is 17.5. The maximum absolute atomic E-state index is 13.9. The van der Waals surface area contributed by atoms with Gasteiger partial charge in [-0.25, -0.2) is 9.18 Å². The summed E-state index contributed by atoms with van der Waals surface area (Å²) >= 11 is 0. The molecule has 1 aromatic carbocycles. The summed E-state index contributed by atoms with van der Waals surface area (Å²) in [4.78, 5) is 16.6. The number of hydrogen-bond acceptors (Lipinski definition) is 4. The van der Waals surface area contributed by atoms with Crippen molar-refractivity contribution < 1.29 is 18.7 Å². The molecule has 0 bridgehead atoms. The molecule has 0 radical (unpaired) electrons. The van der Waals surface area contributed by atoms with E-state index in [1.54, 1.807) is 0 Å². The number of esters is 1. The van der Waals surface area contributed by atoms with Crippen molar-refractivity contribution in [1.29, 1.82) is 0 Å². The van der Waals surface area contributed by atoms with Crippen molar-refractivity contribution in [2.24, 2.45) is 5.92 Å². The lowest BCUT2D eigenvalue weighted by atomic mass is 9.88. The van der Waals surface area contributed by atoms with Crippen molar-refractivity contribution in [3.8, 4) is 17.0 Å². The van der Waals surface area contributed by atoms with Gasteiger partial charge in [0.15, 0.2) is 6.17 Å². The van der Waals surface area contributed by atoms with Crippen molar-refractivity contribution in [3.63, 3.8) is 0 Å². The summed E-state index contributed by atoms with van der Waals surface area (Å²) in [5.41, 5.74) is 3.49. The van der Waals surface area contributed by atoms with Crippen molar-refractivity contribution >= 4 is 5.97 Å². The Bertz CT molecular complexity index is 908. The van der Waals surface area contributed by atoms with Crippen LogP contribution in [0.1, 0.15) is 103 Å². The van der Waals surface area contributed by atoms with Gasteiger partial charge in [0.1, 0.15) is 11.9 Å². The third-order valence-electron chi connectivity index (χ3n) is 7.37. The maximum Gasteiger partial charge on any atom is 0.340 e. The van der Waals surface area contributed by atoms with Gasteiger partial charge >= 0.3 is 5.97 Å². The molecule has 2 aromatic rings. The highest BCUT2D eigenvalue weighted by molar-refractivity contribution is 5.74. The third kappa shape index (κ3) is 8.60. The molecule has 1 unspecified atom stereocenters. The number of aromatic nitrogens is 1. The van der Waals surface area contributed by atoms with E-state index < -0.39 is 12.1 Å². The predicted octanol–water partition coefficient (Wildman–Crippen LogP) is 8.44. The van der Waals surface area contributed by atoms with Crippen molar-refractivity contribution in [2.45, 2.75) is 110 Å². The number of pyridine rings is 1. The number of benzene rings is 1. The van der Waals surface area contributed by atoms with Gasteiger partial charge in [-0.05, 0) is 86.3 Å². The van der Waals surface area contributed by atoms with E-state index in [9.17, 15) is 9.18 Å². The number of ether oxygens (including phenoxy) is 2. The SMILES string of the molecule is CCCCCC(C)c1cccnc1-c1ccc(OCC2CCC(OC(=O)[C@@H](F)CCCC)CC2)cc1. The summed E-state index contributed by atoms with van der Waals surface area (Å²) in [7, 11) is 0. The molecule has 0 amide bonds. The molecular formula is C31H44FNO3. The van der Waals surface area contributed by atoms with E-state index in [0.29, 0.717) is 24.9 Å². The van der Waals surface area contributed by atoms with Crippen LogP contribution >= 0.6 is 0 Å². The lowest BCUT2D eigenvalue weighted by Crippen LogP contribution is -2.30. The molecular weight excluding hydrogens is 453 g/mol. The first-order valence-electron chi connectivity index (χ1n) is 14.0. The summed E-state index contributed by atoms with van der Waals surface area (Å²) < 4.78 is 25.4. The molecule has 1 heterocycles. The fourth-order valence-electron chi connectivity index (χ4n) is 4.99. The van der Waals surface area contributed by atoms with Crippen LogP contribution in [0, 0.1) is 5.92 Å². The van der Waals surface area contributed by atoms with Crippen LogP contribution in [0.25, 0.3) is 11.3 Å². The smallest absolute Gasteiger partial charge is 0.340 e. The molecule has 0 saturated heterocycles. The summed E-state index contributed by atoms with van der Waals surface area (Å²) in [6.07, 6.45) is 10.4. The average Bonchev–Trinajstić information content (AvgIpc) is 2.91. The van der Waals surface area contributed by atoms with Gasteiger partial charge in [0.25, 0.3) is 0 Å². The molecule has 5 heteroatoms. The van der Waals surface area contributed by atoms with Crippen LogP contribution < -0.4 is 4.74 Å². The third-order valence-corrected chi connectivity index (χ3v) is 7.37. The first-order valence-corrected chi connectivity index (χ1v) is 14.0.